The number of rotatable bonds is 4. The minimum absolute atomic E-state index is 0.583. The number of hydrogen-bond donors (Lipinski definition) is 1. The fourth-order valence-electron chi connectivity index (χ4n) is 7.34. The highest BCUT2D eigenvalue weighted by Gasteiger charge is 2.44. The molecule has 0 radical (unpaired) electrons. The molecular weight excluding hydrogens is 516 g/mol. The van der Waals surface area contributed by atoms with Crippen LogP contribution in [0, 0.1) is 0 Å². The zero-order chi connectivity index (χ0) is 25.0. The molecule has 0 amide bonds. The molecule has 37 heavy (non-hydrogen) atoms. The Morgan fingerprint density at radius 1 is 0.568 bits per heavy atom. The summed E-state index contributed by atoms with van der Waals surface area (Å²) in [4.78, 5) is 0. The summed E-state index contributed by atoms with van der Waals surface area (Å²) in [5, 5.41) is 12.9. The first-order valence-corrected chi connectivity index (χ1v) is 14.8. The first-order valence-electron chi connectivity index (χ1n) is 14.0. The Morgan fingerprint density at radius 2 is 1.14 bits per heavy atom. The Kier molecular flexibility index (Phi) is 5.86. The molecule has 0 aromatic heterocycles. The summed E-state index contributed by atoms with van der Waals surface area (Å²) in [6.07, 6.45) is 10.4. The Hall–Kier alpha value is -2.68. The summed E-state index contributed by atoms with van der Waals surface area (Å²) < 4.78 is 0.992. The number of aliphatic hydroxyl groups is 1. The Bertz CT molecular complexity index is 1460. The van der Waals surface area contributed by atoms with Crippen molar-refractivity contribution in [2.75, 3.05) is 0 Å². The van der Waals surface area contributed by atoms with E-state index in [1.807, 2.05) is 0 Å². The van der Waals surface area contributed by atoms with Crippen molar-refractivity contribution in [1.29, 1.82) is 0 Å². The molecule has 3 aliphatic rings. The average molecular weight is 550 g/mol. The van der Waals surface area contributed by atoms with Crippen LogP contribution in [0.25, 0.3) is 22.3 Å². The van der Waals surface area contributed by atoms with E-state index in [9.17, 15) is 5.11 Å². The Balaban J connectivity index is 1.43. The third-order valence-corrected chi connectivity index (χ3v) is 9.78. The number of fused-ring (bicyclic) bond motifs is 3. The molecule has 4 aromatic carbocycles. The van der Waals surface area contributed by atoms with Gasteiger partial charge in [-0.2, -0.15) is 0 Å². The van der Waals surface area contributed by atoms with E-state index in [0.717, 1.165) is 37.9 Å². The number of hydrogen-bond acceptors (Lipinski definition) is 1. The van der Waals surface area contributed by atoms with Crippen LogP contribution in [-0.4, -0.2) is 5.11 Å². The van der Waals surface area contributed by atoms with Gasteiger partial charge in [0.15, 0.2) is 0 Å². The largest absolute Gasteiger partial charge is 0.376 e. The van der Waals surface area contributed by atoms with Crippen molar-refractivity contribution in [3.63, 3.8) is 0 Å². The van der Waals surface area contributed by atoms with Gasteiger partial charge in [0.1, 0.15) is 5.60 Å². The molecule has 2 heteroatoms. The summed E-state index contributed by atoms with van der Waals surface area (Å²) >= 11 is 3.69. The minimum atomic E-state index is -1.20. The van der Waals surface area contributed by atoms with Gasteiger partial charge >= 0.3 is 0 Å². The van der Waals surface area contributed by atoms with Gasteiger partial charge in [0.2, 0.25) is 0 Å². The van der Waals surface area contributed by atoms with E-state index in [4.69, 9.17) is 0 Å². The summed E-state index contributed by atoms with van der Waals surface area (Å²) in [6.45, 7) is 0. The van der Waals surface area contributed by atoms with Crippen LogP contribution in [-0.2, 0) is 5.60 Å². The third kappa shape index (κ3) is 3.83. The van der Waals surface area contributed by atoms with E-state index < -0.39 is 5.60 Å². The van der Waals surface area contributed by atoms with Gasteiger partial charge in [-0.05, 0) is 83.0 Å². The molecule has 1 unspecified atom stereocenters. The van der Waals surface area contributed by atoms with Crippen molar-refractivity contribution in [3.05, 3.63) is 117 Å². The predicted molar refractivity (Wildman–Crippen MR) is 156 cm³/mol. The highest BCUT2D eigenvalue weighted by molar-refractivity contribution is 9.10. The molecule has 2 fully saturated rings. The summed E-state index contributed by atoms with van der Waals surface area (Å²) in [6, 6.07) is 30.9. The maximum Gasteiger partial charge on any atom is 0.142 e. The normalized spacial score (nSPS) is 21.4. The van der Waals surface area contributed by atoms with Crippen molar-refractivity contribution in [2.24, 2.45) is 0 Å². The van der Waals surface area contributed by atoms with Gasteiger partial charge in [-0.15, -0.1) is 0 Å². The lowest BCUT2D eigenvalue weighted by Crippen LogP contribution is -2.27. The van der Waals surface area contributed by atoms with E-state index in [1.165, 1.54) is 68.1 Å². The van der Waals surface area contributed by atoms with E-state index in [-0.39, 0.29) is 0 Å². The van der Waals surface area contributed by atoms with E-state index in [0.29, 0.717) is 11.8 Å². The van der Waals surface area contributed by atoms with Crippen LogP contribution in [0.2, 0.25) is 0 Å². The first kappa shape index (κ1) is 23.4. The van der Waals surface area contributed by atoms with Gasteiger partial charge in [0.05, 0.1) is 0 Å². The molecule has 0 aliphatic heterocycles. The van der Waals surface area contributed by atoms with Gasteiger partial charge < -0.3 is 5.11 Å². The van der Waals surface area contributed by atoms with E-state index in [2.05, 4.69) is 101 Å². The molecule has 0 spiro atoms. The smallest absolute Gasteiger partial charge is 0.142 e. The molecule has 186 valence electrons. The molecule has 0 saturated heterocycles. The molecule has 0 bridgehead atoms. The van der Waals surface area contributed by atoms with Gasteiger partial charge in [-0.25, -0.2) is 0 Å². The first-order chi connectivity index (χ1) is 18.1. The van der Waals surface area contributed by atoms with E-state index >= 15 is 0 Å². The van der Waals surface area contributed by atoms with Gasteiger partial charge in [-0.1, -0.05) is 114 Å². The van der Waals surface area contributed by atoms with Crippen LogP contribution in [0.1, 0.15) is 91.0 Å². The Labute approximate surface area is 228 Å². The molecule has 7 rings (SSSR count). The molecule has 0 heterocycles. The molecular formula is C35H33BrO. The maximum absolute atomic E-state index is 12.9. The minimum Gasteiger partial charge on any atom is -0.376 e. The topological polar surface area (TPSA) is 20.2 Å². The number of halogens is 1. The van der Waals surface area contributed by atoms with Crippen LogP contribution in [0.15, 0.2) is 89.4 Å². The third-order valence-electron chi connectivity index (χ3n) is 9.29. The van der Waals surface area contributed by atoms with Crippen molar-refractivity contribution in [1.82, 2.24) is 0 Å². The highest BCUT2D eigenvalue weighted by Crippen LogP contribution is 2.54. The second-order valence-electron chi connectivity index (χ2n) is 11.3. The van der Waals surface area contributed by atoms with Gasteiger partial charge in [0, 0.05) is 21.2 Å². The monoisotopic (exact) mass is 548 g/mol. The predicted octanol–water partition coefficient (Wildman–Crippen LogP) is 9.70. The lowest BCUT2D eigenvalue weighted by atomic mass is 9.78. The van der Waals surface area contributed by atoms with Crippen molar-refractivity contribution >= 4 is 15.9 Å². The van der Waals surface area contributed by atoms with Gasteiger partial charge in [-0.3, -0.25) is 0 Å². The van der Waals surface area contributed by atoms with Gasteiger partial charge in [0.25, 0.3) is 0 Å². The second-order valence-corrected chi connectivity index (χ2v) is 12.3. The van der Waals surface area contributed by atoms with Crippen molar-refractivity contribution in [3.8, 4) is 22.3 Å². The molecule has 1 N–H and O–H groups in total. The zero-order valence-corrected chi connectivity index (χ0v) is 22.8. The lowest BCUT2D eigenvalue weighted by Gasteiger charge is -2.30. The van der Waals surface area contributed by atoms with Crippen molar-refractivity contribution in [2.45, 2.75) is 68.8 Å². The molecule has 3 aliphatic carbocycles. The van der Waals surface area contributed by atoms with Crippen LogP contribution < -0.4 is 0 Å². The van der Waals surface area contributed by atoms with Crippen LogP contribution in [0.4, 0.5) is 0 Å². The molecule has 4 aromatic rings. The fraction of sp³-hybridized carbons (Fsp3) is 0.314. The quantitative estimate of drug-likeness (QED) is 0.269. The molecule has 2 saturated carbocycles. The van der Waals surface area contributed by atoms with Crippen LogP contribution in [0.3, 0.4) is 0 Å². The van der Waals surface area contributed by atoms with Crippen LogP contribution in [0.5, 0.6) is 0 Å². The lowest BCUT2D eigenvalue weighted by molar-refractivity contribution is 0.131. The highest BCUT2D eigenvalue weighted by atomic mass is 79.9. The van der Waals surface area contributed by atoms with Crippen molar-refractivity contribution < 1.29 is 5.11 Å². The van der Waals surface area contributed by atoms with Crippen LogP contribution >= 0.6 is 15.9 Å². The standard InChI is InChI=1S/C35H33BrO/c36-28-18-20-31-30-11-5-6-12-32(30)35(37,34(31)22-28)33-21-27(24-9-3-4-10-24)17-19-29(33)26-15-13-25(14-16-26)23-7-1-2-8-23/h5-6,11-24,37H,1-4,7-10H2. The molecule has 1 atom stereocenters. The Morgan fingerprint density at radius 3 is 1.86 bits per heavy atom. The summed E-state index contributed by atoms with van der Waals surface area (Å²) in [7, 11) is 0. The summed E-state index contributed by atoms with van der Waals surface area (Å²) in [5.41, 5.74) is 9.15. The number of benzene rings is 4. The van der Waals surface area contributed by atoms with E-state index in [1.54, 1.807) is 0 Å². The zero-order valence-electron chi connectivity index (χ0n) is 21.2. The SMILES string of the molecule is OC1(c2cc(C3CCCC3)ccc2-c2ccc(C3CCCC3)cc2)c2ccccc2-c2ccc(Br)cc21. The second kappa shape index (κ2) is 9.26. The maximum atomic E-state index is 12.9. The average Bonchev–Trinajstić information content (AvgIpc) is 3.71. The molecule has 1 nitrogen and oxygen atoms in total. The summed E-state index contributed by atoms with van der Waals surface area (Å²) in [5.74, 6) is 1.29. The fourth-order valence-corrected chi connectivity index (χ4v) is 7.70.